The number of carboxylic acids is 6. The largest absolute Gasteiger partial charge is 1.00 e. The summed E-state index contributed by atoms with van der Waals surface area (Å²) in [5, 5.41) is 61.7. The molecular formula is C69H109Cl6N9O21. The van der Waals surface area contributed by atoms with Crippen molar-refractivity contribution in [2.24, 2.45) is 0 Å². The number of hydrogen-bond acceptors (Lipinski definition) is 15. The molecule has 0 unspecified atom stereocenters. The lowest BCUT2D eigenvalue weighted by Gasteiger charge is -2.26. The Bertz CT molecular complexity index is 3150. The smallest absolute Gasteiger partial charge is 0.366 e. The minimum Gasteiger partial charge on any atom is -1.00 e. The van der Waals surface area contributed by atoms with E-state index in [0.717, 1.165) is 16.7 Å². The summed E-state index contributed by atoms with van der Waals surface area (Å²) in [6.45, 7) is 7.55. The second kappa shape index (κ2) is 53.6. The molecule has 4 aliphatic heterocycles. The zero-order valence-electron chi connectivity index (χ0n) is 57.1. The maximum Gasteiger partial charge on any atom is 0.366 e. The number of hydrogen-bond donors (Lipinski definition) is 12. The number of nitrogens with two attached hydrogens (primary N) is 4. The molecule has 0 aromatic heterocycles. The molecule has 0 radical (unpaired) electrons. The first kappa shape index (κ1) is 106. The number of nitrogens with zero attached hydrogens (tertiary/aromatic N) is 3. The Hall–Kier alpha value is -7.20. The normalized spacial score (nSPS) is 19.1. The van der Waals surface area contributed by atoms with Gasteiger partial charge < -0.3 is 167 Å². The molecular weight excluding hydrogens is 1500 g/mol. The number of esters is 3. The van der Waals surface area contributed by atoms with Crippen LogP contribution in [0.1, 0.15) is 131 Å². The monoisotopic (exact) mass is 1610 g/mol. The summed E-state index contributed by atoms with van der Waals surface area (Å²) in [5.41, 5.74) is 10.0. The molecule has 3 aromatic carbocycles. The Balaban J connectivity index is -0.000000457. The number of ether oxygens (including phenoxy) is 3. The van der Waals surface area contributed by atoms with E-state index in [1.54, 1.807) is 42.0 Å². The summed E-state index contributed by atoms with van der Waals surface area (Å²) < 4.78 is 16.1. The number of amides is 3. The minimum atomic E-state index is -1.17. The van der Waals surface area contributed by atoms with E-state index >= 15 is 0 Å². The van der Waals surface area contributed by atoms with E-state index in [4.69, 9.17) is 29.5 Å². The van der Waals surface area contributed by atoms with Gasteiger partial charge in [-0.1, -0.05) is 113 Å². The lowest BCUT2D eigenvalue weighted by molar-refractivity contribution is -0.697. The van der Waals surface area contributed by atoms with Crippen LogP contribution in [0.2, 0.25) is 0 Å². The number of aryl methyl sites for hydroxylation is 3. The van der Waals surface area contributed by atoms with Crippen LogP contribution in [0.4, 0.5) is 0 Å². The number of carbonyl (C=O) groups is 12. The van der Waals surface area contributed by atoms with Crippen molar-refractivity contribution < 1.29 is 210 Å². The standard InChI is InChI=1S/C23H31N3O7.C22H31N3O7.C21H29N3O7.3CH4.6ClH/c1-14(20(27)26-11-5-8-19(26)22(30)31)25-17(10-9-15-6-3-2-4-7-15)23(32)33-16-12-18(21(28)29)24-13-16;1-13(19(26)25-12-6-9-17(25)20(27)28)24-16(11-10-15-7-4-3-5-8-15)22(31)32-14(2)18(23)21(29)30;1-13(18(25)24-11-5-8-17(24)20(28)29)23-16(10-9-14-6-3-2-4-7-14)21(30)31-12-15(22)19(26)27;;;;;;;;;/h2-4,6-7,14,16-19,24-25H,5,8-13H2,1H3,(H,28,29)(H,30,31);3-5,7-8,13-14,16-18,24H,6,9-12,23H2,1-2H3,(H,27,28)(H,29,30);2-4,6-7,13,15-17,23H,5,8-12,22H2,1H3,(H,26,27)(H,28,29);3*1H4;6*1H/t14-,16+,17-,18-,19-;13-,14+,16-,17-,18-;13-,15-,16-,17-;;;;;;;;;/m000........./s1. The number of carbonyl (C=O) groups excluding carboxylic acids is 6. The van der Waals surface area contributed by atoms with Gasteiger partial charge in [0, 0.05) is 38.9 Å². The predicted molar refractivity (Wildman–Crippen MR) is 355 cm³/mol. The van der Waals surface area contributed by atoms with Gasteiger partial charge in [0.1, 0.15) is 24.7 Å². The Kier molecular flexibility index (Phi) is 54.3. The summed E-state index contributed by atoms with van der Waals surface area (Å²) >= 11 is 0. The van der Waals surface area contributed by atoms with Gasteiger partial charge in [-0.05, 0) is 102 Å². The van der Waals surface area contributed by atoms with Crippen molar-refractivity contribution in [3.05, 3.63) is 108 Å². The summed E-state index contributed by atoms with van der Waals surface area (Å²) in [6.07, 6.45) is 4.83. The third-order valence-corrected chi connectivity index (χ3v) is 17.6. The fraction of sp³-hybridized carbons (Fsp3) is 0.565. The van der Waals surface area contributed by atoms with Crippen molar-refractivity contribution in [3.8, 4) is 0 Å². The average Bonchev–Trinajstić information content (AvgIpc) is 1.74. The average molecular weight is 1610 g/mol. The number of halogens is 6. The number of benzene rings is 3. The first-order valence-corrected chi connectivity index (χ1v) is 32.6. The molecule has 0 aliphatic carbocycles. The van der Waals surface area contributed by atoms with Gasteiger partial charge in [-0.3, -0.25) is 14.4 Å². The molecule has 4 heterocycles. The highest BCUT2D eigenvalue weighted by Crippen LogP contribution is 2.21. The van der Waals surface area contributed by atoms with Gasteiger partial charge in [-0.15, -0.1) is 0 Å². The molecule has 3 aromatic rings. The van der Waals surface area contributed by atoms with E-state index in [-0.39, 0.29) is 127 Å². The fourth-order valence-corrected chi connectivity index (χ4v) is 12.0. The van der Waals surface area contributed by atoms with Gasteiger partial charge in [0.15, 0.2) is 61.1 Å². The molecule has 0 spiro atoms. The lowest BCUT2D eigenvalue weighted by atomic mass is 10.0. The molecule has 0 saturated carbocycles. The van der Waals surface area contributed by atoms with Gasteiger partial charge in [-0.25, -0.2) is 43.2 Å². The highest BCUT2D eigenvalue weighted by Gasteiger charge is 2.44. The van der Waals surface area contributed by atoms with E-state index < -0.39 is 138 Å². The zero-order valence-corrected chi connectivity index (χ0v) is 61.6. The van der Waals surface area contributed by atoms with Crippen LogP contribution >= 0.6 is 0 Å². The van der Waals surface area contributed by atoms with Crippen LogP contribution in [-0.4, -0.2) is 234 Å². The highest BCUT2D eigenvalue weighted by molar-refractivity contribution is 5.88. The van der Waals surface area contributed by atoms with Crippen LogP contribution in [0, 0.1) is 0 Å². The van der Waals surface area contributed by atoms with Gasteiger partial charge in [-0.2, -0.15) is 0 Å². The van der Waals surface area contributed by atoms with Gasteiger partial charge >= 0.3 is 53.7 Å². The van der Waals surface area contributed by atoms with Gasteiger partial charge in [0.2, 0.25) is 12.1 Å². The molecule has 7 rings (SSSR count). The summed E-state index contributed by atoms with van der Waals surface area (Å²) in [6, 6.07) is 19.1. The van der Waals surface area contributed by atoms with E-state index in [1.165, 1.54) is 21.6 Å². The molecule has 4 saturated heterocycles. The summed E-state index contributed by atoms with van der Waals surface area (Å²) in [5.74, 6) is -9.09. The maximum absolute atomic E-state index is 13.0. The molecule has 598 valence electrons. The molecule has 4 fully saturated rings. The van der Waals surface area contributed by atoms with E-state index in [9.17, 15) is 72.9 Å². The molecule has 36 heteroatoms. The van der Waals surface area contributed by atoms with Crippen LogP contribution < -0.4 is 107 Å². The van der Waals surface area contributed by atoms with Crippen LogP contribution in [-0.2, 0) is 91.0 Å². The molecule has 4 aliphatic rings. The molecule has 14 atom stereocenters. The fourth-order valence-electron chi connectivity index (χ4n) is 12.0. The number of carboxylic acid groups (broad SMARTS) is 6. The first-order valence-electron chi connectivity index (χ1n) is 32.6. The zero-order chi connectivity index (χ0) is 70.8. The van der Waals surface area contributed by atoms with E-state index in [0.29, 0.717) is 103 Å². The van der Waals surface area contributed by atoms with Crippen molar-refractivity contribution >= 4 is 71.4 Å². The summed E-state index contributed by atoms with van der Waals surface area (Å²) in [7, 11) is 0. The maximum atomic E-state index is 13.0. The minimum absolute atomic E-state index is 0. The van der Waals surface area contributed by atoms with Crippen LogP contribution in [0.25, 0.3) is 0 Å². The Labute approximate surface area is 650 Å². The Morgan fingerprint density at radius 3 is 1.10 bits per heavy atom. The molecule has 30 nitrogen and oxygen atoms in total. The third kappa shape index (κ3) is 34.1. The first-order chi connectivity index (χ1) is 45.6. The predicted octanol–water partition coefficient (Wildman–Crippen LogP) is -20.8. The molecule has 3 amide bonds. The lowest BCUT2D eigenvalue weighted by Crippen LogP contribution is -3.00. The van der Waals surface area contributed by atoms with E-state index in [1.807, 2.05) is 91.0 Å². The van der Waals surface area contributed by atoms with Crippen LogP contribution in [0.15, 0.2) is 91.0 Å². The quantitative estimate of drug-likeness (QED) is 0.0204. The Morgan fingerprint density at radius 2 is 0.800 bits per heavy atom. The van der Waals surface area contributed by atoms with Crippen molar-refractivity contribution in [1.29, 1.82) is 0 Å². The van der Waals surface area contributed by atoms with Crippen LogP contribution in [0.3, 0.4) is 0 Å². The highest BCUT2D eigenvalue weighted by atomic mass is 35.5. The topological polar surface area (TPSA) is 485 Å². The van der Waals surface area contributed by atoms with E-state index in [2.05, 4.69) is 11.5 Å². The molecule has 105 heavy (non-hydrogen) atoms. The number of aliphatic carboxylic acids is 6. The SMILES string of the molecule is C.C.C.C[C@H]([NH2+][C@@H](CCc1ccccc1)C(=O)OC[C@H]([NH3+])C(=O)O)C(=O)N1CCC[C@H]1C(=O)O.C[C@H]([NH2+][C@@H](CCc1ccccc1)C(=O)O[C@H](C)[C@H]([NH3+])C(=O)O)C(=O)N1CCC[C@H]1C(=O)O.C[C@H]([NH2+][C@@H](CCc1ccccc1)C(=O)O[C@H]1C[NH2+][C@H](C(=O)O)C1)C(=O)N1CCC[C@H]1C(=O)O.[Cl-].[Cl-].[Cl-].[Cl-].[Cl-].[Cl-]. The van der Waals surface area contributed by atoms with Crippen molar-refractivity contribution in [2.45, 2.75) is 218 Å². The number of likely N-dealkylation sites (tertiary alicyclic amines) is 3. The molecule has 20 N–H and O–H groups in total. The van der Waals surface area contributed by atoms with Gasteiger partial charge in [0.05, 0.1) is 6.42 Å². The van der Waals surface area contributed by atoms with Gasteiger partial charge in [0.25, 0.3) is 17.7 Å². The number of quaternary nitrogens is 6. The molecule has 0 bridgehead atoms. The van der Waals surface area contributed by atoms with Crippen LogP contribution in [0.5, 0.6) is 0 Å². The Morgan fingerprint density at radius 1 is 0.476 bits per heavy atom. The number of rotatable bonds is 32. The second-order valence-electron chi connectivity index (χ2n) is 24.9. The second-order valence-corrected chi connectivity index (χ2v) is 24.9. The van der Waals surface area contributed by atoms with Crippen molar-refractivity contribution in [2.75, 3.05) is 32.8 Å². The summed E-state index contributed by atoms with van der Waals surface area (Å²) in [4.78, 5) is 149. The third-order valence-electron chi connectivity index (χ3n) is 17.6. The van der Waals surface area contributed by atoms with Crippen molar-refractivity contribution in [3.63, 3.8) is 0 Å². The van der Waals surface area contributed by atoms with Crippen molar-refractivity contribution in [1.82, 2.24) is 14.7 Å².